The van der Waals surface area contributed by atoms with Gasteiger partial charge in [-0.2, -0.15) is 0 Å². The van der Waals surface area contributed by atoms with Gasteiger partial charge in [0.15, 0.2) is 5.76 Å². The summed E-state index contributed by atoms with van der Waals surface area (Å²) in [5.41, 5.74) is 2.71. The van der Waals surface area contributed by atoms with E-state index in [0.29, 0.717) is 18.8 Å². The minimum Gasteiger partial charge on any atom is -0.459 e. The molecule has 0 aliphatic heterocycles. The van der Waals surface area contributed by atoms with Gasteiger partial charge in [-0.25, -0.2) is 0 Å². The number of hydrogen-bond acceptors (Lipinski definition) is 4. The van der Waals surface area contributed by atoms with Crippen LogP contribution in [0.15, 0.2) is 41.0 Å². The van der Waals surface area contributed by atoms with Crippen LogP contribution in [0.3, 0.4) is 0 Å². The minimum atomic E-state index is -0.294. The Balaban J connectivity index is 2.29. The largest absolute Gasteiger partial charge is 0.459 e. The maximum absolute atomic E-state index is 13.0. The monoisotopic (exact) mass is 399 g/mol. The molecule has 0 radical (unpaired) electrons. The number of amides is 2. The smallest absolute Gasteiger partial charge is 0.291 e. The fraction of sp³-hybridized carbons (Fsp3) is 0.478. The number of hydrogen-bond donors (Lipinski definition) is 1. The summed E-state index contributed by atoms with van der Waals surface area (Å²) in [6.45, 7) is 7.44. The second kappa shape index (κ2) is 10.7. The molecule has 0 fully saturated rings. The lowest BCUT2D eigenvalue weighted by molar-refractivity contribution is -0.136. The molecule has 2 rings (SSSR count). The van der Waals surface area contributed by atoms with E-state index in [2.05, 4.69) is 26.1 Å². The number of nitrogens with zero attached hydrogens (tertiary/aromatic N) is 2. The summed E-state index contributed by atoms with van der Waals surface area (Å²) in [7, 11) is 3.96. The molecule has 1 heterocycles. The Bertz CT molecular complexity index is 796. The predicted molar refractivity (Wildman–Crippen MR) is 117 cm³/mol. The van der Waals surface area contributed by atoms with Crippen LogP contribution < -0.4 is 10.2 Å². The van der Waals surface area contributed by atoms with Crippen LogP contribution in [0.25, 0.3) is 0 Å². The average molecular weight is 400 g/mol. The van der Waals surface area contributed by atoms with Crippen molar-refractivity contribution in [3.8, 4) is 0 Å². The number of furan rings is 1. The summed E-state index contributed by atoms with van der Waals surface area (Å²) in [5, 5.41) is 2.88. The fourth-order valence-electron chi connectivity index (χ4n) is 3.47. The van der Waals surface area contributed by atoms with Crippen LogP contribution in [0.1, 0.15) is 56.2 Å². The Hall–Kier alpha value is -2.76. The van der Waals surface area contributed by atoms with Crippen molar-refractivity contribution in [1.82, 2.24) is 4.90 Å². The molecule has 1 aromatic carbocycles. The van der Waals surface area contributed by atoms with E-state index < -0.39 is 0 Å². The van der Waals surface area contributed by atoms with Crippen LogP contribution in [0.2, 0.25) is 0 Å². The second-order valence-corrected chi connectivity index (χ2v) is 7.44. The first kappa shape index (κ1) is 22.5. The number of rotatable bonds is 10. The number of carbonyl (C=O) groups is 2. The van der Waals surface area contributed by atoms with Crippen molar-refractivity contribution in [3.63, 3.8) is 0 Å². The first-order valence-electron chi connectivity index (χ1n) is 10.3. The van der Waals surface area contributed by atoms with E-state index in [1.807, 2.05) is 42.1 Å². The third kappa shape index (κ3) is 5.86. The Morgan fingerprint density at radius 2 is 1.83 bits per heavy atom. The lowest BCUT2D eigenvalue weighted by Crippen LogP contribution is -2.36. The second-order valence-electron chi connectivity index (χ2n) is 7.44. The van der Waals surface area contributed by atoms with Crippen LogP contribution >= 0.6 is 0 Å². The van der Waals surface area contributed by atoms with Crippen LogP contribution in [0, 0.1) is 5.92 Å². The minimum absolute atomic E-state index is 0.0474. The van der Waals surface area contributed by atoms with Crippen LogP contribution in [-0.2, 0) is 11.3 Å². The Labute approximate surface area is 173 Å². The summed E-state index contributed by atoms with van der Waals surface area (Å²) >= 11 is 0. The average Bonchev–Trinajstić information content (AvgIpc) is 3.23. The highest BCUT2D eigenvalue weighted by atomic mass is 16.3. The summed E-state index contributed by atoms with van der Waals surface area (Å²) in [6.07, 6.45) is 4.06. The number of benzene rings is 1. The SMILES string of the molecule is CCCN(Cc1cc(NC(=O)c2ccco2)ccc1N(C)C)C(=O)C(CC)CC. The molecule has 0 aliphatic carbocycles. The molecule has 158 valence electrons. The molecular weight excluding hydrogens is 366 g/mol. The van der Waals surface area contributed by atoms with Gasteiger partial charge in [-0.05, 0) is 55.2 Å². The van der Waals surface area contributed by atoms with Gasteiger partial charge in [0.05, 0.1) is 6.26 Å². The molecular formula is C23H33N3O3. The molecule has 2 amide bonds. The topological polar surface area (TPSA) is 65.8 Å². The maximum atomic E-state index is 13.0. The molecule has 0 atom stereocenters. The normalized spacial score (nSPS) is 10.8. The van der Waals surface area contributed by atoms with Gasteiger partial charge < -0.3 is 19.5 Å². The lowest BCUT2D eigenvalue weighted by Gasteiger charge is -2.28. The van der Waals surface area contributed by atoms with Crippen molar-refractivity contribution in [2.45, 2.75) is 46.6 Å². The first-order valence-corrected chi connectivity index (χ1v) is 10.3. The molecule has 2 aromatic rings. The Morgan fingerprint density at radius 3 is 2.38 bits per heavy atom. The van der Waals surface area contributed by atoms with Gasteiger partial charge in [0.1, 0.15) is 0 Å². The van der Waals surface area contributed by atoms with Crippen molar-refractivity contribution in [2.24, 2.45) is 5.92 Å². The predicted octanol–water partition coefficient (Wildman–Crippen LogP) is 4.77. The van der Waals surface area contributed by atoms with Crippen LogP contribution in [0.5, 0.6) is 0 Å². The molecule has 0 spiro atoms. The molecule has 1 aromatic heterocycles. The molecule has 0 aliphatic rings. The number of carbonyl (C=O) groups excluding carboxylic acids is 2. The highest BCUT2D eigenvalue weighted by Gasteiger charge is 2.22. The molecule has 6 nitrogen and oxygen atoms in total. The van der Waals surface area contributed by atoms with Gasteiger partial charge >= 0.3 is 0 Å². The van der Waals surface area contributed by atoms with Crippen molar-refractivity contribution < 1.29 is 14.0 Å². The van der Waals surface area contributed by atoms with Crippen LogP contribution in [-0.4, -0.2) is 37.4 Å². The van der Waals surface area contributed by atoms with Crippen molar-refractivity contribution in [2.75, 3.05) is 30.9 Å². The zero-order valence-electron chi connectivity index (χ0n) is 18.2. The highest BCUT2D eigenvalue weighted by Crippen LogP contribution is 2.26. The van der Waals surface area contributed by atoms with Gasteiger partial charge in [0, 0.05) is 44.5 Å². The summed E-state index contributed by atoms with van der Waals surface area (Å²) in [4.78, 5) is 29.3. The van der Waals surface area contributed by atoms with E-state index in [-0.39, 0.29) is 23.5 Å². The molecule has 0 saturated carbocycles. The molecule has 0 bridgehead atoms. The molecule has 0 unspecified atom stereocenters. The Morgan fingerprint density at radius 1 is 1.10 bits per heavy atom. The van der Waals surface area contributed by atoms with Crippen LogP contribution in [0.4, 0.5) is 11.4 Å². The summed E-state index contributed by atoms with van der Waals surface area (Å²) < 4.78 is 5.17. The van der Waals surface area contributed by atoms with Gasteiger partial charge in [0.2, 0.25) is 5.91 Å². The van der Waals surface area contributed by atoms with E-state index in [1.165, 1.54) is 6.26 Å². The number of nitrogens with one attached hydrogen (secondary N) is 1. The first-order chi connectivity index (χ1) is 13.9. The lowest BCUT2D eigenvalue weighted by atomic mass is 10.0. The van der Waals surface area contributed by atoms with E-state index >= 15 is 0 Å². The quantitative estimate of drug-likeness (QED) is 0.625. The molecule has 0 saturated heterocycles. The van der Waals surface area contributed by atoms with E-state index in [0.717, 1.165) is 30.5 Å². The summed E-state index contributed by atoms with van der Waals surface area (Å²) in [5.74, 6) is 0.217. The van der Waals surface area contributed by atoms with Gasteiger partial charge in [-0.15, -0.1) is 0 Å². The highest BCUT2D eigenvalue weighted by molar-refractivity contribution is 6.02. The van der Waals surface area contributed by atoms with Crippen molar-refractivity contribution in [1.29, 1.82) is 0 Å². The van der Waals surface area contributed by atoms with E-state index in [4.69, 9.17) is 4.42 Å². The van der Waals surface area contributed by atoms with Gasteiger partial charge in [-0.1, -0.05) is 20.8 Å². The standard InChI is InChI=1S/C23H33N3O3/c1-6-13-26(23(28)17(7-2)8-3)16-18-15-19(11-12-20(18)25(4)5)24-22(27)21-10-9-14-29-21/h9-12,14-15,17H,6-8,13,16H2,1-5H3,(H,24,27). The number of anilines is 2. The zero-order chi connectivity index (χ0) is 21.4. The van der Waals surface area contributed by atoms with Crippen molar-refractivity contribution in [3.05, 3.63) is 47.9 Å². The van der Waals surface area contributed by atoms with E-state index in [1.54, 1.807) is 12.1 Å². The van der Waals surface area contributed by atoms with E-state index in [9.17, 15) is 9.59 Å². The van der Waals surface area contributed by atoms with Gasteiger partial charge in [0.25, 0.3) is 5.91 Å². The molecule has 1 N–H and O–H groups in total. The third-order valence-corrected chi connectivity index (χ3v) is 5.07. The molecule has 6 heteroatoms. The maximum Gasteiger partial charge on any atom is 0.291 e. The summed E-state index contributed by atoms with van der Waals surface area (Å²) in [6, 6.07) is 9.09. The molecule has 29 heavy (non-hydrogen) atoms. The van der Waals surface area contributed by atoms with Crippen molar-refractivity contribution >= 4 is 23.2 Å². The zero-order valence-corrected chi connectivity index (χ0v) is 18.2. The Kier molecular flexibility index (Phi) is 8.31. The third-order valence-electron chi connectivity index (χ3n) is 5.07. The fourth-order valence-corrected chi connectivity index (χ4v) is 3.47. The van der Waals surface area contributed by atoms with Gasteiger partial charge in [-0.3, -0.25) is 9.59 Å².